The smallest absolute Gasteiger partial charge is 0.327 e. The minimum Gasteiger partial charge on any atom is -0.327 e. The monoisotopic (exact) mass is 211 g/mol. The van der Waals surface area contributed by atoms with Gasteiger partial charge in [-0.25, -0.2) is 9.80 Å². The first kappa shape index (κ1) is 10.4. The zero-order valence-corrected chi connectivity index (χ0v) is 9.19. The van der Waals surface area contributed by atoms with Crippen molar-refractivity contribution in [3.8, 4) is 0 Å². The molecule has 2 aliphatic heterocycles. The lowest BCUT2D eigenvalue weighted by Gasteiger charge is -2.42. The molecule has 1 N–H and O–H groups in total. The zero-order valence-electron chi connectivity index (χ0n) is 9.19. The van der Waals surface area contributed by atoms with E-state index in [1.165, 1.54) is 11.4 Å². The standard InChI is InChI=1S/C10H17N3O2/c1-7-4-3-5-8(2)12(7)13-9(14)6-11-10(13)15/h7-8H,3-6H2,1-2H3,(H,11,15). The predicted octanol–water partition coefficient (Wildman–Crippen LogP) is 0.716. The summed E-state index contributed by atoms with van der Waals surface area (Å²) in [5.74, 6) is -0.138. The van der Waals surface area contributed by atoms with Gasteiger partial charge in [0.15, 0.2) is 0 Å². The van der Waals surface area contributed by atoms with Gasteiger partial charge in [-0.15, -0.1) is 0 Å². The Labute approximate surface area is 89.4 Å². The van der Waals surface area contributed by atoms with E-state index in [-0.39, 0.29) is 30.6 Å². The quantitative estimate of drug-likeness (QED) is 0.650. The Balaban J connectivity index is 2.19. The molecule has 2 rings (SSSR count). The van der Waals surface area contributed by atoms with Crippen molar-refractivity contribution < 1.29 is 9.59 Å². The number of imide groups is 1. The van der Waals surface area contributed by atoms with Gasteiger partial charge in [0.1, 0.15) is 6.54 Å². The molecule has 0 spiro atoms. The molecule has 0 aromatic carbocycles. The van der Waals surface area contributed by atoms with Gasteiger partial charge in [0.2, 0.25) is 0 Å². The Bertz CT molecular complexity index is 266. The Kier molecular flexibility index (Phi) is 2.65. The number of hydrogen-bond donors (Lipinski definition) is 1. The summed E-state index contributed by atoms with van der Waals surface area (Å²) in [5.41, 5.74) is 0. The number of nitrogens with one attached hydrogen (secondary N) is 1. The molecule has 2 unspecified atom stereocenters. The molecular formula is C10H17N3O2. The number of piperidine rings is 1. The van der Waals surface area contributed by atoms with Crippen LogP contribution in [0.1, 0.15) is 33.1 Å². The summed E-state index contributed by atoms with van der Waals surface area (Å²) < 4.78 is 0. The van der Waals surface area contributed by atoms with Crippen molar-refractivity contribution in [1.82, 2.24) is 15.3 Å². The van der Waals surface area contributed by atoms with Crippen LogP contribution in [-0.4, -0.2) is 40.6 Å². The van der Waals surface area contributed by atoms with Gasteiger partial charge in [0.25, 0.3) is 5.91 Å². The van der Waals surface area contributed by atoms with Crippen molar-refractivity contribution in [3.05, 3.63) is 0 Å². The van der Waals surface area contributed by atoms with Crippen LogP contribution in [-0.2, 0) is 4.79 Å². The highest BCUT2D eigenvalue weighted by atomic mass is 16.2. The molecule has 2 saturated heterocycles. The number of amides is 3. The lowest BCUT2D eigenvalue weighted by Crippen LogP contribution is -2.56. The molecule has 5 nitrogen and oxygen atoms in total. The SMILES string of the molecule is CC1CCCC(C)N1N1C(=O)CNC1=O. The van der Waals surface area contributed by atoms with Crippen molar-refractivity contribution in [1.29, 1.82) is 0 Å². The molecule has 5 heteroatoms. The molecule has 2 heterocycles. The van der Waals surface area contributed by atoms with Crippen molar-refractivity contribution >= 4 is 11.9 Å². The van der Waals surface area contributed by atoms with E-state index >= 15 is 0 Å². The third-order valence-corrected chi connectivity index (χ3v) is 3.20. The van der Waals surface area contributed by atoms with E-state index in [4.69, 9.17) is 0 Å². The molecule has 0 radical (unpaired) electrons. The molecule has 2 atom stereocenters. The maximum atomic E-state index is 11.6. The predicted molar refractivity (Wildman–Crippen MR) is 54.9 cm³/mol. The fourth-order valence-electron chi connectivity index (χ4n) is 2.45. The molecule has 0 saturated carbocycles. The van der Waals surface area contributed by atoms with Crippen LogP contribution in [0.4, 0.5) is 4.79 Å². The number of hydrogen-bond acceptors (Lipinski definition) is 3. The summed E-state index contributed by atoms with van der Waals surface area (Å²) in [6.45, 7) is 4.26. The number of urea groups is 1. The lowest BCUT2D eigenvalue weighted by molar-refractivity contribution is -0.146. The van der Waals surface area contributed by atoms with E-state index in [1.54, 1.807) is 0 Å². The normalized spacial score (nSPS) is 33.3. The van der Waals surface area contributed by atoms with Gasteiger partial charge >= 0.3 is 6.03 Å². The van der Waals surface area contributed by atoms with Crippen molar-refractivity contribution in [2.75, 3.05) is 6.54 Å². The zero-order chi connectivity index (χ0) is 11.0. The number of rotatable bonds is 1. The number of carbonyl (C=O) groups excluding carboxylic acids is 2. The average Bonchev–Trinajstić information content (AvgIpc) is 2.49. The Hall–Kier alpha value is -1.10. The van der Waals surface area contributed by atoms with Crippen LogP contribution in [0, 0.1) is 0 Å². The first-order valence-corrected chi connectivity index (χ1v) is 5.50. The van der Waals surface area contributed by atoms with Crippen molar-refractivity contribution in [3.63, 3.8) is 0 Å². The maximum absolute atomic E-state index is 11.6. The maximum Gasteiger partial charge on any atom is 0.339 e. The number of carbonyl (C=O) groups is 2. The van der Waals surface area contributed by atoms with E-state index in [1.807, 2.05) is 5.01 Å². The van der Waals surface area contributed by atoms with Crippen molar-refractivity contribution in [2.24, 2.45) is 0 Å². The van der Waals surface area contributed by atoms with Gasteiger partial charge < -0.3 is 5.32 Å². The van der Waals surface area contributed by atoms with Gasteiger partial charge in [-0.2, -0.15) is 5.01 Å². The van der Waals surface area contributed by atoms with E-state index in [2.05, 4.69) is 19.2 Å². The molecule has 2 fully saturated rings. The fraction of sp³-hybridized carbons (Fsp3) is 0.800. The molecule has 84 valence electrons. The second-order valence-corrected chi connectivity index (χ2v) is 4.37. The molecule has 0 aromatic heterocycles. The highest BCUT2D eigenvalue weighted by Crippen LogP contribution is 2.25. The number of hydrazine groups is 1. The molecule has 3 amide bonds. The minimum atomic E-state index is -0.277. The van der Waals surface area contributed by atoms with E-state index in [0.29, 0.717) is 0 Å². The summed E-state index contributed by atoms with van der Waals surface area (Å²) >= 11 is 0. The van der Waals surface area contributed by atoms with E-state index < -0.39 is 0 Å². The van der Waals surface area contributed by atoms with Gasteiger partial charge in [0.05, 0.1) is 0 Å². The summed E-state index contributed by atoms with van der Waals surface area (Å²) in [6, 6.07) is 0.253. The van der Waals surface area contributed by atoms with Gasteiger partial charge in [-0.1, -0.05) is 6.42 Å². The third kappa shape index (κ3) is 1.71. The van der Waals surface area contributed by atoms with Crippen LogP contribution < -0.4 is 5.32 Å². The molecule has 15 heavy (non-hydrogen) atoms. The summed E-state index contributed by atoms with van der Waals surface area (Å²) in [4.78, 5) is 23.1. The molecule has 2 aliphatic rings. The molecule has 0 bridgehead atoms. The van der Waals surface area contributed by atoms with E-state index in [0.717, 1.165) is 12.8 Å². The molecule has 0 aromatic rings. The first-order valence-electron chi connectivity index (χ1n) is 5.50. The third-order valence-electron chi connectivity index (χ3n) is 3.20. The average molecular weight is 211 g/mol. The second kappa shape index (κ2) is 3.81. The molecular weight excluding hydrogens is 194 g/mol. The van der Waals surface area contributed by atoms with Gasteiger partial charge in [0, 0.05) is 12.1 Å². The van der Waals surface area contributed by atoms with Crippen molar-refractivity contribution in [2.45, 2.75) is 45.2 Å². The second-order valence-electron chi connectivity index (χ2n) is 4.37. The highest BCUT2D eigenvalue weighted by molar-refractivity contribution is 6.01. The summed E-state index contributed by atoms with van der Waals surface area (Å²) in [7, 11) is 0. The lowest BCUT2D eigenvalue weighted by atomic mass is 9.99. The Morgan fingerprint density at radius 3 is 2.27 bits per heavy atom. The van der Waals surface area contributed by atoms with Gasteiger partial charge in [-0.3, -0.25) is 4.79 Å². The highest BCUT2D eigenvalue weighted by Gasteiger charge is 2.39. The van der Waals surface area contributed by atoms with Crippen LogP contribution in [0.25, 0.3) is 0 Å². The van der Waals surface area contributed by atoms with Gasteiger partial charge in [-0.05, 0) is 26.7 Å². The fourth-order valence-corrected chi connectivity index (χ4v) is 2.45. The van der Waals surface area contributed by atoms with Crippen LogP contribution in [0.3, 0.4) is 0 Å². The summed E-state index contributed by atoms with van der Waals surface area (Å²) in [6.07, 6.45) is 3.26. The summed E-state index contributed by atoms with van der Waals surface area (Å²) in [5, 5.41) is 5.76. The van der Waals surface area contributed by atoms with Crippen LogP contribution in [0.5, 0.6) is 0 Å². The van der Waals surface area contributed by atoms with Crippen LogP contribution in [0.15, 0.2) is 0 Å². The largest absolute Gasteiger partial charge is 0.339 e. The van der Waals surface area contributed by atoms with Crippen LogP contribution >= 0.6 is 0 Å². The number of nitrogens with zero attached hydrogens (tertiary/aromatic N) is 2. The Morgan fingerprint density at radius 2 is 1.80 bits per heavy atom. The van der Waals surface area contributed by atoms with E-state index in [9.17, 15) is 9.59 Å². The minimum absolute atomic E-state index is 0.134. The first-order chi connectivity index (χ1) is 7.11. The topological polar surface area (TPSA) is 52.6 Å². The van der Waals surface area contributed by atoms with Crippen LogP contribution in [0.2, 0.25) is 0 Å². The molecule has 0 aliphatic carbocycles. The Morgan fingerprint density at radius 1 is 1.20 bits per heavy atom.